The van der Waals surface area contributed by atoms with Crippen molar-refractivity contribution in [2.45, 2.75) is 0 Å². The first-order valence-corrected chi connectivity index (χ1v) is 6.78. The van der Waals surface area contributed by atoms with E-state index in [1.165, 1.54) is 6.07 Å². The second kappa shape index (κ2) is 5.66. The number of aromatic hydroxyl groups is 1. The minimum atomic E-state index is -0.362. The highest BCUT2D eigenvalue weighted by molar-refractivity contribution is 14.1. The third kappa shape index (κ3) is 3.30. The maximum Gasteiger partial charge on any atom is 0.255 e. The Labute approximate surface area is 128 Å². The van der Waals surface area contributed by atoms with Crippen LogP contribution in [0, 0.1) is 3.57 Å². The van der Waals surface area contributed by atoms with Crippen LogP contribution in [0.5, 0.6) is 5.75 Å². The molecule has 2 aromatic rings. The summed E-state index contributed by atoms with van der Waals surface area (Å²) >= 11 is 7.94. The van der Waals surface area contributed by atoms with Gasteiger partial charge in [-0.3, -0.25) is 4.79 Å². The minimum absolute atomic E-state index is 0.0620. The summed E-state index contributed by atoms with van der Waals surface area (Å²) in [5.41, 5.74) is 6.92. The van der Waals surface area contributed by atoms with Gasteiger partial charge in [-0.15, -0.1) is 0 Å². The third-order valence-corrected chi connectivity index (χ3v) is 3.69. The van der Waals surface area contributed by atoms with Crippen molar-refractivity contribution < 1.29 is 9.90 Å². The molecule has 0 aliphatic rings. The molecule has 6 heteroatoms. The van der Waals surface area contributed by atoms with Gasteiger partial charge in [0, 0.05) is 11.3 Å². The average molecular weight is 389 g/mol. The maximum absolute atomic E-state index is 12.0. The van der Waals surface area contributed by atoms with Crippen LogP contribution in [-0.4, -0.2) is 11.0 Å². The molecule has 2 rings (SSSR count). The molecule has 0 atom stereocenters. The highest BCUT2D eigenvalue weighted by Crippen LogP contribution is 2.26. The lowest BCUT2D eigenvalue weighted by molar-refractivity contribution is 0.102. The molecule has 0 saturated carbocycles. The summed E-state index contributed by atoms with van der Waals surface area (Å²) in [6.45, 7) is 0. The largest absolute Gasteiger partial charge is 0.507 e. The molecule has 1 amide bonds. The van der Waals surface area contributed by atoms with Crippen LogP contribution in [0.3, 0.4) is 0 Å². The van der Waals surface area contributed by atoms with E-state index in [4.69, 9.17) is 17.3 Å². The van der Waals surface area contributed by atoms with Crippen LogP contribution in [0.1, 0.15) is 10.4 Å². The van der Waals surface area contributed by atoms with E-state index in [-0.39, 0.29) is 11.7 Å². The van der Waals surface area contributed by atoms with E-state index in [9.17, 15) is 9.90 Å². The van der Waals surface area contributed by atoms with Gasteiger partial charge in [-0.2, -0.15) is 0 Å². The quantitative estimate of drug-likeness (QED) is 0.544. The van der Waals surface area contributed by atoms with Gasteiger partial charge in [-0.25, -0.2) is 0 Å². The Hall–Kier alpha value is -1.47. The number of amides is 1. The molecule has 0 saturated heterocycles. The van der Waals surface area contributed by atoms with Crippen LogP contribution in [0.4, 0.5) is 11.4 Å². The number of rotatable bonds is 2. The van der Waals surface area contributed by atoms with E-state index in [0.29, 0.717) is 25.5 Å². The van der Waals surface area contributed by atoms with Crippen molar-refractivity contribution in [3.63, 3.8) is 0 Å². The van der Waals surface area contributed by atoms with E-state index in [1.54, 1.807) is 30.3 Å². The standard InChI is InChI=1S/C13H10ClIN2O2/c14-9-3-2-8(16)6-11(9)17-13(19)7-1-4-10(15)12(18)5-7/h1-6,18H,16H2,(H,17,19). The predicted molar refractivity (Wildman–Crippen MR) is 84.6 cm³/mol. The molecule has 4 nitrogen and oxygen atoms in total. The Morgan fingerprint density at radius 2 is 2.00 bits per heavy atom. The molecule has 0 bridgehead atoms. The summed E-state index contributed by atoms with van der Waals surface area (Å²) in [7, 11) is 0. The molecule has 0 aromatic heterocycles. The third-order valence-electron chi connectivity index (χ3n) is 2.45. The van der Waals surface area contributed by atoms with Gasteiger partial charge in [-0.1, -0.05) is 11.6 Å². The number of phenols is 1. The number of nitrogens with one attached hydrogen (secondary N) is 1. The van der Waals surface area contributed by atoms with Gasteiger partial charge >= 0.3 is 0 Å². The summed E-state index contributed by atoms with van der Waals surface area (Å²) in [5, 5.41) is 12.6. The van der Waals surface area contributed by atoms with Crippen molar-refractivity contribution in [1.82, 2.24) is 0 Å². The van der Waals surface area contributed by atoms with Crippen molar-refractivity contribution in [2.75, 3.05) is 11.1 Å². The molecule has 2 aromatic carbocycles. The molecular formula is C13H10ClIN2O2. The first-order valence-electron chi connectivity index (χ1n) is 5.32. The summed E-state index contributed by atoms with van der Waals surface area (Å²) in [6.07, 6.45) is 0. The van der Waals surface area contributed by atoms with E-state index in [1.807, 2.05) is 22.6 Å². The van der Waals surface area contributed by atoms with Crippen LogP contribution in [0.2, 0.25) is 5.02 Å². The van der Waals surface area contributed by atoms with Gasteiger partial charge in [0.1, 0.15) is 5.75 Å². The lowest BCUT2D eigenvalue weighted by atomic mass is 10.2. The molecule has 0 heterocycles. The lowest BCUT2D eigenvalue weighted by Crippen LogP contribution is -2.12. The SMILES string of the molecule is Nc1ccc(Cl)c(NC(=O)c2ccc(I)c(O)c2)c1. The molecule has 0 unspecified atom stereocenters. The molecule has 98 valence electrons. The Kier molecular flexibility index (Phi) is 4.16. The normalized spacial score (nSPS) is 10.2. The van der Waals surface area contributed by atoms with Crippen LogP contribution in [-0.2, 0) is 0 Å². The summed E-state index contributed by atoms with van der Waals surface area (Å²) in [6, 6.07) is 9.51. The monoisotopic (exact) mass is 388 g/mol. The fourth-order valence-electron chi connectivity index (χ4n) is 1.49. The molecule has 0 radical (unpaired) electrons. The fourth-order valence-corrected chi connectivity index (χ4v) is 1.99. The highest BCUT2D eigenvalue weighted by Gasteiger charge is 2.10. The Morgan fingerprint density at radius 1 is 1.26 bits per heavy atom. The van der Waals surface area contributed by atoms with Crippen molar-refractivity contribution >= 4 is 51.5 Å². The zero-order valence-corrected chi connectivity index (χ0v) is 12.6. The van der Waals surface area contributed by atoms with Crippen molar-refractivity contribution in [3.05, 3.63) is 50.6 Å². The first-order chi connectivity index (χ1) is 8.97. The smallest absolute Gasteiger partial charge is 0.255 e. The Morgan fingerprint density at radius 3 is 2.68 bits per heavy atom. The van der Waals surface area contributed by atoms with E-state index in [0.717, 1.165) is 0 Å². The van der Waals surface area contributed by atoms with Gasteiger partial charge < -0.3 is 16.2 Å². The van der Waals surface area contributed by atoms with Crippen LogP contribution < -0.4 is 11.1 Å². The number of nitrogens with two attached hydrogens (primary N) is 1. The highest BCUT2D eigenvalue weighted by atomic mass is 127. The van der Waals surface area contributed by atoms with Crippen molar-refractivity contribution in [1.29, 1.82) is 0 Å². The second-order valence-corrected chi connectivity index (χ2v) is 5.43. The number of carbonyl (C=O) groups excluding carboxylic acids is 1. The molecular weight excluding hydrogens is 379 g/mol. The first kappa shape index (κ1) is 14.0. The zero-order chi connectivity index (χ0) is 14.0. The number of hydrogen-bond donors (Lipinski definition) is 3. The molecule has 0 fully saturated rings. The summed E-state index contributed by atoms with van der Waals surface area (Å²) in [4.78, 5) is 12.0. The maximum atomic E-state index is 12.0. The molecule has 0 aliphatic heterocycles. The van der Waals surface area contributed by atoms with Gasteiger partial charge in [0.05, 0.1) is 14.3 Å². The van der Waals surface area contributed by atoms with Crippen LogP contribution in [0.15, 0.2) is 36.4 Å². The number of anilines is 2. The molecule has 0 spiro atoms. The number of benzene rings is 2. The minimum Gasteiger partial charge on any atom is -0.507 e. The van der Waals surface area contributed by atoms with Crippen molar-refractivity contribution in [3.8, 4) is 5.75 Å². The topological polar surface area (TPSA) is 75.3 Å². The van der Waals surface area contributed by atoms with Gasteiger partial charge in [0.25, 0.3) is 5.91 Å². The Bertz CT molecular complexity index is 647. The Balaban J connectivity index is 2.25. The van der Waals surface area contributed by atoms with Crippen LogP contribution in [0.25, 0.3) is 0 Å². The van der Waals surface area contributed by atoms with Gasteiger partial charge in [-0.05, 0) is 59.0 Å². The lowest BCUT2D eigenvalue weighted by Gasteiger charge is -2.08. The zero-order valence-electron chi connectivity index (χ0n) is 9.65. The fraction of sp³-hybridized carbons (Fsp3) is 0. The average Bonchev–Trinajstić information content (AvgIpc) is 2.37. The van der Waals surface area contributed by atoms with Crippen LogP contribution >= 0.6 is 34.2 Å². The number of carbonyl (C=O) groups is 1. The number of phenolic OH excluding ortho intramolecular Hbond substituents is 1. The van der Waals surface area contributed by atoms with Gasteiger partial charge in [0.2, 0.25) is 0 Å². The molecule has 0 aliphatic carbocycles. The summed E-state index contributed by atoms with van der Waals surface area (Å²) < 4.78 is 0.677. The van der Waals surface area contributed by atoms with Crippen molar-refractivity contribution in [2.24, 2.45) is 0 Å². The number of hydrogen-bond acceptors (Lipinski definition) is 3. The van der Waals surface area contributed by atoms with E-state index >= 15 is 0 Å². The van der Waals surface area contributed by atoms with Gasteiger partial charge in [0.15, 0.2) is 0 Å². The molecule has 4 N–H and O–H groups in total. The second-order valence-electron chi connectivity index (χ2n) is 3.86. The number of halogens is 2. The number of nitrogen functional groups attached to an aromatic ring is 1. The molecule has 19 heavy (non-hydrogen) atoms. The predicted octanol–water partition coefficient (Wildman–Crippen LogP) is 3.48. The summed E-state index contributed by atoms with van der Waals surface area (Å²) in [5.74, 6) is -0.300. The van der Waals surface area contributed by atoms with E-state index < -0.39 is 0 Å². The van der Waals surface area contributed by atoms with E-state index in [2.05, 4.69) is 5.32 Å².